The Bertz CT molecular complexity index is 735. The van der Waals surface area contributed by atoms with E-state index in [1.54, 1.807) is 0 Å². The number of nitrogen functional groups attached to an aromatic ring is 2. The summed E-state index contributed by atoms with van der Waals surface area (Å²) >= 11 is 3.75. The van der Waals surface area contributed by atoms with Gasteiger partial charge in [0, 0.05) is 17.1 Å². The van der Waals surface area contributed by atoms with E-state index in [0.29, 0.717) is 10.3 Å². The SMILES string of the molecule is Nc1nc(N)nc(COC(=O)COc2ccccc2C2SCCS2)n1. The summed E-state index contributed by atoms with van der Waals surface area (Å²) in [5.41, 5.74) is 12.0. The molecule has 132 valence electrons. The van der Waals surface area contributed by atoms with Crippen molar-refractivity contribution in [1.29, 1.82) is 0 Å². The van der Waals surface area contributed by atoms with Gasteiger partial charge in [0.25, 0.3) is 0 Å². The number of thioether (sulfide) groups is 2. The van der Waals surface area contributed by atoms with Crippen LogP contribution in [0.2, 0.25) is 0 Å². The van der Waals surface area contributed by atoms with Crippen molar-refractivity contribution in [1.82, 2.24) is 15.0 Å². The summed E-state index contributed by atoms with van der Waals surface area (Å²) in [6.45, 7) is -0.343. The van der Waals surface area contributed by atoms with E-state index >= 15 is 0 Å². The van der Waals surface area contributed by atoms with Gasteiger partial charge in [0.05, 0.1) is 4.58 Å². The predicted molar refractivity (Wildman–Crippen MR) is 98.0 cm³/mol. The van der Waals surface area contributed by atoms with Crippen LogP contribution in [-0.2, 0) is 16.1 Å². The fourth-order valence-corrected chi connectivity index (χ4v) is 5.10. The molecule has 1 aliphatic rings. The maximum Gasteiger partial charge on any atom is 0.344 e. The van der Waals surface area contributed by atoms with E-state index in [4.69, 9.17) is 20.9 Å². The first-order chi connectivity index (χ1) is 12.1. The minimum atomic E-state index is -0.529. The third kappa shape index (κ3) is 4.89. The molecule has 1 saturated heterocycles. The van der Waals surface area contributed by atoms with Crippen molar-refractivity contribution in [3.63, 3.8) is 0 Å². The van der Waals surface area contributed by atoms with Crippen molar-refractivity contribution in [3.8, 4) is 5.75 Å². The molecule has 1 aliphatic heterocycles. The second kappa shape index (κ2) is 8.26. The highest BCUT2D eigenvalue weighted by atomic mass is 32.2. The highest BCUT2D eigenvalue weighted by Crippen LogP contribution is 2.48. The molecule has 1 aromatic heterocycles. The van der Waals surface area contributed by atoms with Gasteiger partial charge in [0.2, 0.25) is 11.9 Å². The number of benzene rings is 1. The predicted octanol–water partition coefficient (Wildman–Crippen LogP) is 1.64. The monoisotopic (exact) mass is 379 g/mol. The van der Waals surface area contributed by atoms with Crippen LogP contribution in [0.4, 0.5) is 11.9 Å². The normalized spacial score (nSPS) is 14.4. The van der Waals surface area contributed by atoms with Gasteiger partial charge in [0.1, 0.15) is 5.75 Å². The van der Waals surface area contributed by atoms with Crippen LogP contribution in [0.25, 0.3) is 0 Å². The van der Waals surface area contributed by atoms with Gasteiger partial charge in [-0.05, 0) is 6.07 Å². The van der Waals surface area contributed by atoms with Crippen LogP contribution in [0.5, 0.6) is 5.75 Å². The second-order valence-corrected chi connectivity index (χ2v) is 7.75. The first kappa shape index (κ1) is 17.6. The number of esters is 1. The molecule has 0 amide bonds. The fourth-order valence-electron chi connectivity index (χ4n) is 2.19. The minimum absolute atomic E-state index is 0.0183. The van der Waals surface area contributed by atoms with Gasteiger partial charge in [0.15, 0.2) is 19.0 Å². The Hall–Kier alpha value is -2.20. The summed E-state index contributed by atoms with van der Waals surface area (Å²) in [6.07, 6.45) is 0. The van der Waals surface area contributed by atoms with Gasteiger partial charge in [-0.2, -0.15) is 15.0 Å². The van der Waals surface area contributed by atoms with Gasteiger partial charge in [-0.1, -0.05) is 18.2 Å². The molecule has 3 rings (SSSR count). The Morgan fingerprint density at radius 3 is 2.52 bits per heavy atom. The van der Waals surface area contributed by atoms with Crippen LogP contribution < -0.4 is 16.2 Å². The van der Waals surface area contributed by atoms with Crippen molar-refractivity contribution in [2.24, 2.45) is 0 Å². The molecule has 2 aromatic rings. The van der Waals surface area contributed by atoms with Gasteiger partial charge < -0.3 is 20.9 Å². The van der Waals surface area contributed by atoms with Crippen LogP contribution >= 0.6 is 23.5 Å². The molecule has 0 spiro atoms. The number of rotatable bonds is 6. The fraction of sp³-hybridized carbons (Fsp3) is 0.333. The summed E-state index contributed by atoms with van der Waals surface area (Å²) < 4.78 is 11.1. The molecule has 0 aliphatic carbocycles. The summed E-state index contributed by atoms with van der Waals surface area (Å²) in [5, 5.41) is 0. The zero-order valence-electron chi connectivity index (χ0n) is 13.3. The average Bonchev–Trinajstić information content (AvgIpc) is 3.12. The largest absolute Gasteiger partial charge is 0.482 e. The van der Waals surface area contributed by atoms with Crippen LogP contribution in [0.15, 0.2) is 24.3 Å². The number of nitrogens with zero attached hydrogens (tertiary/aromatic N) is 3. The summed E-state index contributed by atoms with van der Waals surface area (Å²) in [6, 6.07) is 7.72. The van der Waals surface area contributed by atoms with Crippen LogP contribution in [0.3, 0.4) is 0 Å². The molecule has 25 heavy (non-hydrogen) atoms. The van der Waals surface area contributed by atoms with E-state index in [1.165, 1.54) is 0 Å². The molecule has 2 heterocycles. The summed E-state index contributed by atoms with van der Waals surface area (Å²) in [5.74, 6) is 2.55. The van der Waals surface area contributed by atoms with E-state index in [9.17, 15) is 4.79 Å². The van der Waals surface area contributed by atoms with Crippen molar-refractivity contribution < 1.29 is 14.3 Å². The second-order valence-electron chi connectivity index (χ2n) is 5.03. The molecule has 0 saturated carbocycles. The molecule has 10 heteroatoms. The van der Waals surface area contributed by atoms with Crippen LogP contribution in [-0.4, -0.2) is 39.0 Å². The zero-order valence-corrected chi connectivity index (χ0v) is 14.9. The molecule has 0 unspecified atom stereocenters. The lowest BCUT2D eigenvalue weighted by Crippen LogP contribution is -2.17. The Morgan fingerprint density at radius 1 is 1.12 bits per heavy atom. The zero-order chi connectivity index (χ0) is 17.6. The molecule has 1 fully saturated rings. The molecule has 4 N–H and O–H groups in total. The van der Waals surface area contributed by atoms with Crippen molar-refractivity contribution in [2.75, 3.05) is 29.6 Å². The number of hydrogen-bond acceptors (Lipinski definition) is 10. The number of para-hydroxylation sites is 1. The van der Waals surface area contributed by atoms with E-state index < -0.39 is 5.97 Å². The van der Waals surface area contributed by atoms with Gasteiger partial charge in [-0.15, -0.1) is 23.5 Å². The molecule has 0 radical (unpaired) electrons. The number of ether oxygens (including phenoxy) is 2. The molecular weight excluding hydrogens is 362 g/mol. The van der Waals surface area contributed by atoms with Gasteiger partial charge >= 0.3 is 5.97 Å². The number of carbonyl (C=O) groups excluding carboxylic acids is 1. The van der Waals surface area contributed by atoms with E-state index in [0.717, 1.165) is 17.1 Å². The standard InChI is InChI=1S/C15H17N5O3S2/c16-14-18-11(19-15(17)20-14)7-23-12(21)8-22-10-4-2-1-3-9(10)13-24-5-6-25-13/h1-4,13H,5-8H2,(H4,16,17,18,19,20). The third-order valence-electron chi connectivity index (χ3n) is 3.22. The molecule has 0 bridgehead atoms. The average molecular weight is 379 g/mol. The van der Waals surface area contributed by atoms with Crippen molar-refractivity contribution in [2.45, 2.75) is 11.2 Å². The Morgan fingerprint density at radius 2 is 1.80 bits per heavy atom. The number of nitrogens with two attached hydrogens (primary N) is 2. The van der Waals surface area contributed by atoms with E-state index in [-0.39, 0.29) is 30.9 Å². The van der Waals surface area contributed by atoms with Gasteiger partial charge in [-0.3, -0.25) is 0 Å². The number of hydrogen-bond donors (Lipinski definition) is 2. The topological polar surface area (TPSA) is 126 Å². The summed E-state index contributed by atoms with van der Waals surface area (Å²) in [7, 11) is 0. The third-order valence-corrected chi connectivity index (χ3v) is 6.29. The molecule has 0 atom stereocenters. The minimum Gasteiger partial charge on any atom is -0.482 e. The Kier molecular flexibility index (Phi) is 5.82. The molecule has 1 aromatic carbocycles. The van der Waals surface area contributed by atoms with Crippen molar-refractivity contribution in [3.05, 3.63) is 35.7 Å². The molecule has 8 nitrogen and oxygen atoms in total. The smallest absolute Gasteiger partial charge is 0.344 e. The Balaban J connectivity index is 1.54. The molecular formula is C15H17N5O3S2. The lowest BCUT2D eigenvalue weighted by Gasteiger charge is -2.14. The lowest BCUT2D eigenvalue weighted by molar-refractivity contribution is -0.147. The first-order valence-corrected chi connectivity index (χ1v) is 9.58. The highest BCUT2D eigenvalue weighted by molar-refractivity contribution is 8.19. The lowest BCUT2D eigenvalue weighted by atomic mass is 10.2. The first-order valence-electron chi connectivity index (χ1n) is 7.48. The maximum absolute atomic E-state index is 11.9. The number of aromatic nitrogens is 3. The Labute approximate surface area is 153 Å². The van der Waals surface area contributed by atoms with Crippen LogP contribution in [0, 0.1) is 0 Å². The maximum atomic E-state index is 11.9. The number of carbonyl (C=O) groups is 1. The highest BCUT2D eigenvalue weighted by Gasteiger charge is 2.22. The van der Waals surface area contributed by atoms with E-state index in [2.05, 4.69) is 15.0 Å². The summed E-state index contributed by atoms with van der Waals surface area (Å²) in [4.78, 5) is 23.2. The van der Waals surface area contributed by atoms with Gasteiger partial charge in [-0.25, -0.2) is 4.79 Å². The van der Waals surface area contributed by atoms with E-state index in [1.807, 2.05) is 47.8 Å². The quantitative estimate of drug-likeness (QED) is 0.715. The van der Waals surface area contributed by atoms with Crippen molar-refractivity contribution >= 4 is 41.4 Å². The number of anilines is 2. The van der Waals surface area contributed by atoms with Crippen LogP contribution in [0.1, 0.15) is 16.0 Å².